The Bertz CT molecular complexity index is 836. The third kappa shape index (κ3) is 1.37. The van der Waals surface area contributed by atoms with Crippen molar-refractivity contribution in [3.63, 3.8) is 0 Å². The minimum atomic E-state index is -0.464. The Morgan fingerprint density at radius 2 is 2.00 bits per heavy atom. The van der Waals surface area contributed by atoms with Gasteiger partial charge < -0.3 is 4.98 Å². The molecule has 1 aromatic heterocycles. The van der Waals surface area contributed by atoms with Crippen LogP contribution in [-0.4, -0.2) is 9.91 Å². The fraction of sp³-hybridized carbons (Fsp3) is 0. The summed E-state index contributed by atoms with van der Waals surface area (Å²) in [5, 5.41) is 12.4. The van der Waals surface area contributed by atoms with Crippen LogP contribution in [0.25, 0.3) is 21.7 Å². The summed E-state index contributed by atoms with van der Waals surface area (Å²) in [4.78, 5) is 25.5. The van der Waals surface area contributed by atoms with Crippen molar-refractivity contribution in [2.45, 2.75) is 0 Å². The number of aromatic nitrogens is 1. The van der Waals surface area contributed by atoms with E-state index >= 15 is 0 Å². The van der Waals surface area contributed by atoms with Crippen LogP contribution in [0.15, 0.2) is 47.4 Å². The van der Waals surface area contributed by atoms with Gasteiger partial charge in [-0.25, -0.2) is 0 Å². The van der Waals surface area contributed by atoms with Gasteiger partial charge in [-0.15, -0.1) is 0 Å². The lowest BCUT2D eigenvalue weighted by Crippen LogP contribution is -2.02. The highest BCUT2D eigenvalue weighted by Crippen LogP contribution is 2.29. The molecule has 0 fully saturated rings. The van der Waals surface area contributed by atoms with Crippen molar-refractivity contribution >= 4 is 27.4 Å². The second kappa shape index (κ2) is 3.66. The first kappa shape index (κ1) is 10.5. The van der Waals surface area contributed by atoms with Crippen LogP contribution < -0.4 is 5.43 Å². The number of pyridine rings is 1. The summed E-state index contributed by atoms with van der Waals surface area (Å²) in [6.07, 6.45) is 1.69. The molecule has 18 heavy (non-hydrogen) atoms. The van der Waals surface area contributed by atoms with Gasteiger partial charge in [-0.05, 0) is 18.2 Å². The van der Waals surface area contributed by atoms with Gasteiger partial charge in [0.25, 0.3) is 5.69 Å². The first-order valence-corrected chi connectivity index (χ1v) is 5.36. The van der Waals surface area contributed by atoms with Crippen LogP contribution in [0.5, 0.6) is 0 Å². The number of fused-ring (bicyclic) bond motifs is 3. The van der Waals surface area contributed by atoms with E-state index in [1.165, 1.54) is 18.2 Å². The summed E-state index contributed by atoms with van der Waals surface area (Å²) in [6.45, 7) is 0. The quantitative estimate of drug-likeness (QED) is 0.403. The largest absolute Gasteiger partial charge is 0.361 e. The van der Waals surface area contributed by atoms with E-state index in [4.69, 9.17) is 0 Å². The SMILES string of the molecule is O=c1cccc2c([N+](=O)[O-])cc3ccc[nH]c3c12. The maximum absolute atomic E-state index is 11.9. The number of nitrogens with zero attached hydrogens (tertiary/aromatic N) is 1. The fourth-order valence-electron chi connectivity index (χ4n) is 2.17. The Hall–Kier alpha value is -2.69. The zero-order valence-electron chi connectivity index (χ0n) is 9.21. The molecule has 2 aromatic carbocycles. The Labute approximate surface area is 101 Å². The first-order chi connectivity index (χ1) is 8.68. The lowest BCUT2D eigenvalue weighted by atomic mass is 10.0. The van der Waals surface area contributed by atoms with Gasteiger partial charge >= 0.3 is 0 Å². The summed E-state index contributed by atoms with van der Waals surface area (Å²) in [7, 11) is 0. The summed E-state index contributed by atoms with van der Waals surface area (Å²) < 4.78 is 0. The van der Waals surface area contributed by atoms with E-state index in [1.54, 1.807) is 24.4 Å². The zero-order valence-corrected chi connectivity index (χ0v) is 9.21. The molecule has 0 saturated carbocycles. The molecule has 0 bridgehead atoms. The van der Waals surface area contributed by atoms with Gasteiger partial charge in [-0.3, -0.25) is 14.9 Å². The van der Waals surface area contributed by atoms with Crippen LogP contribution >= 0.6 is 0 Å². The number of hydrogen-bond donors (Lipinski definition) is 1. The summed E-state index contributed by atoms with van der Waals surface area (Å²) >= 11 is 0. The Balaban J connectivity index is 2.68. The van der Waals surface area contributed by atoms with Gasteiger partial charge in [-0.1, -0.05) is 12.1 Å². The molecular weight excluding hydrogens is 232 g/mol. The molecule has 88 valence electrons. The van der Waals surface area contributed by atoms with Crippen LogP contribution in [0, 0.1) is 10.1 Å². The number of H-pyrrole nitrogens is 1. The second-order valence-electron chi connectivity index (χ2n) is 3.97. The summed E-state index contributed by atoms with van der Waals surface area (Å²) in [5.41, 5.74) is 0.363. The Morgan fingerprint density at radius 3 is 2.78 bits per heavy atom. The maximum Gasteiger partial charge on any atom is 0.278 e. The van der Waals surface area contributed by atoms with Gasteiger partial charge in [0.05, 0.1) is 21.2 Å². The second-order valence-corrected chi connectivity index (χ2v) is 3.97. The summed E-state index contributed by atoms with van der Waals surface area (Å²) in [5.74, 6) is 0. The zero-order chi connectivity index (χ0) is 12.7. The molecular formula is C13H8N2O3. The van der Waals surface area contributed by atoms with Crippen LogP contribution in [0.2, 0.25) is 0 Å². The Kier molecular flexibility index (Phi) is 2.13. The highest BCUT2D eigenvalue weighted by Gasteiger charge is 2.16. The van der Waals surface area contributed by atoms with E-state index in [2.05, 4.69) is 4.98 Å². The highest BCUT2D eigenvalue weighted by molar-refractivity contribution is 6.09. The first-order valence-electron chi connectivity index (χ1n) is 5.36. The van der Waals surface area contributed by atoms with E-state index in [-0.39, 0.29) is 11.1 Å². The van der Waals surface area contributed by atoms with Crippen molar-refractivity contribution in [3.05, 3.63) is 62.9 Å². The Morgan fingerprint density at radius 1 is 1.17 bits per heavy atom. The number of nitro benzene ring substituents is 1. The number of non-ortho nitro benzene ring substituents is 1. The molecule has 0 radical (unpaired) electrons. The van der Waals surface area contributed by atoms with Gasteiger partial charge in [0.1, 0.15) is 0 Å². The average Bonchev–Trinajstić information content (AvgIpc) is 2.37. The minimum absolute atomic E-state index is 0.0465. The molecule has 0 aliphatic rings. The standard InChI is InChI=1S/C13H8N2O3/c16-11-5-1-4-9-10(15(17)18)7-8-3-2-6-14-13(8)12(9)11/h1-7,14H. The van der Waals surface area contributed by atoms with Crippen LogP contribution in [0.4, 0.5) is 5.69 Å². The van der Waals surface area contributed by atoms with Crippen molar-refractivity contribution in [3.8, 4) is 0 Å². The maximum atomic E-state index is 11.9. The molecule has 0 spiro atoms. The molecule has 0 unspecified atom stereocenters. The number of nitro groups is 1. The smallest absolute Gasteiger partial charge is 0.278 e. The van der Waals surface area contributed by atoms with Gasteiger partial charge in [0, 0.05) is 17.6 Å². The van der Waals surface area contributed by atoms with Crippen molar-refractivity contribution in [2.75, 3.05) is 0 Å². The van der Waals surface area contributed by atoms with Crippen LogP contribution in [0.1, 0.15) is 0 Å². The minimum Gasteiger partial charge on any atom is -0.361 e. The molecule has 3 rings (SSSR count). The van der Waals surface area contributed by atoms with Crippen molar-refractivity contribution in [1.82, 2.24) is 4.98 Å². The number of nitrogens with one attached hydrogen (secondary N) is 1. The topological polar surface area (TPSA) is 76.0 Å². The fourth-order valence-corrected chi connectivity index (χ4v) is 2.17. The molecule has 5 heteroatoms. The molecule has 0 amide bonds. The number of hydrogen-bond acceptors (Lipinski definition) is 3. The van der Waals surface area contributed by atoms with E-state index in [0.29, 0.717) is 21.7 Å². The third-order valence-corrected chi connectivity index (χ3v) is 2.93. The molecule has 0 atom stereocenters. The summed E-state index contributed by atoms with van der Waals surface area (Å²) in [6, 6.07) is 9.50. The van der Waals surface area contributed by atoms with Crippen LogP contribution in [-0.2, 0) is 0 Å². The van der Waals surface area contributed by atoms with E-state index < -0.39 is 4.92 Å². The molecule has 0 aliphatic heterocycles. The molecule has 3 aromatic rings. The predicted octanol–water partition coefficient (Wildman–Crippen LogP) is 2.59. The average molecular weight is 240 g/mol. The molecule has 0 saturated heterocycles. The highest BCUT2D eigenvalue weighted by atomic mass is 16.6. The molecule has 5 nitrogen and oxygen atoms in total. The van der Waals surface area contributed by atoms with Crippen molar-refractivity contribution < 1.29 is 4.92 Å². The van der Waals surface area contributed by atoms with Crippen LogP contribution in [0.3, 0.4) is 0 Å². The number of benzene rings is 2. The van der Waals surface area contributed by atoms with Gasteiger partial charge in [0.2, 0.25) is 0 Å². The monoisotopic (exact) mass is 240 g/mol. The molecule has 0 aliphatic carbocycles. The van der Waals surface area contributed by atoms with E-state index in [0.717, 1.165) is 0 Å². The number of aromatic amines is 1. The van der Waals surface area contributed by atoms with Gasteiger partial charge in [-0.2, -0.15) is 0 Å². The van der Waals surface area contributed by atoms with Crippen molar-refractivity contribution in [2.24, 2.45) is 0 Å². The van der Waals surface area contributed by atoms with Gasteiger partial charge in [0.15, 0.2) is 5.43 Å². The molecule has 1 heterocycles. The van der Waals surface area contributed by atoms with E-state index in [9.17, 15) is 14.9 Å². The number of rotatable bonds is 1. The molecule has 1 N–H and O–H groups in total. The lowest BCUT2D eigenvalue weighted by molar-refractivity contribution is -0.382. The van der Waals surface area contributed by atoms with Crippen molar-refractivity contribution in [1.29, 1.82) is 0 Å². The normalized spacial score (nSPS) is 10.9. The van der Waals surface area contributed by atoms with E-state index in [1.807, 2.05) is 0 Å². The third-order valence-electron chi connectivity index (χ3n) is 2.93. The lowest BCUT2D eigenvalue weighted by Gasteiger charge is -2.03. The predicted molar refractivity (Wildman–Crippen MR) is 68.7 cm³/mol.